The van der Waals surface area contributed by atoms with Crippen LogP contribution in [0.5, 0.6) is 0 Å². The van der Waals surface area contributed by atoms with Crippen molar-refractivity contribution in [3.8, 4) is 0 Å². The molecule has 0 fully saturated rings. The van der Waals surface area contributed by atoms with Crippen molar-refractivity contribution in [1.82, 2.24) is 0 Å². The van der Waals surface area contributed by atoms with Crippen LogP contribution in [0.1, 0.15) is 0 Å². The smallest absolute Gasteiger partial charge is 0.896 e. The molecule has 0 heterocycles. The molecule has 0 unspecified atom stereocenters. The van der Waals surface area contributed by atoms with Gasteiger partial charge in [0.05, 0.1) is 0 Å². The normalized spacial score (nSPS) is 2.80. The molecule has 0 aliphatic heterocycles. The molecule has 0 rings (SSSR count). The zero-order chi connectivity index (χ0) is 2.71. The first-order valence-electron chi connectivity index (χ1n) is 0.577. The predicted molar refractivity (Wildman–Crippen MR) is 7.15 cm³/mol. The first-order valence-corrected chi connectivity index (χ1v) is 0.577. The summed E-state index contributed by atoms with van der Waals surface area (Å²) in [7, 11) is -1.25. The molecule has 0 atom stereocenters. The van der Waals surface area contributed by atoms with Gasteiger partial charge in [-0.25, -0.2) is 0 Å². The summed E-state index contributed by atoms with van der Waals surface area (Å²) in [5, 5.41) is 16.8. The van der Waals surface area contributed by atoms with Crippen LogP contribution in [0.15, 0.2) is 0 Å². The minimum absolute atomic E-state index is 0. The molecule has 0 saturated carbocycles. The molecule has 18 valence electrons. The number of hydrogen-bond donors (Lipinski definition) is 0. The molecule has 0 aromatic heterocycles. The van der Waals surface area contributed by atoms with Crippen LogP contribution in [-0.4, -0.2) is 7.69 Å². The summed E-state index contributed by atoms with van der Waals surface area (Å²) in [6.07, 6.45) is 0. The summed E-state index contributed by atoms with van der Waals surface area (Å²) >= 11 is 0. The van der Waals surface area contributed by atoms with E-state index in [9.17, 15) is 0 Å². The van der Waals surface area contributed by atoms with Crippen LogP contribution in [-0.2, 0) is 0 Å². The maximum absolute atomic E-state index is 8.38. The fraction of sp³-hybridized carbons (Fsp3) is 0. The third kappa shape index (κ3) is 18.4. The van der Waals surface area contributed by atoms with Crippen molar-refractivity contribution < 1.29 is 126 Å². The molecule has 0 N–H and O–H groups in total. The molecule has 5 heteroatoms. The van der Waals surface area contributed by atoms with Crippen molar-refractivity contribution in [2.75, 3.05) is 0 Å². The second-order valence-corrected chi connectivity index (χ2v) is 0.118. The van der Waals surface area contributed by atoms with Crippen molar-refractivity contribution in [1.29, 1.82) is 0 Å². The molecular weight excluding hydrogens is 214 g/mol. The summed E-state index contributed by atoms with van der Waals surface area (Å²) in [4.78, 5) is 0. The van der Waals surface area contributed by atoms with Crippen molar-refractivity contribution in [2.24, 2.45) is 0 Å². The van der Waals surface area contributed by atoms with Crippen LogP contribution < -0.4 is 126 Å². The zero-order valence-electron chi connectivity index (χ0n) is 3.52. The topological polar surface area (TPSA) is 46.1 Å². The van der Waals surface area contributed by atoms with Gasteiger partial charge in [0.1, 0.15) is 0 Å². The predicted octanol–water partition coefficient (Wildman–Crippen LogP) is -9.02. The van der Waals surface area contributed by atoms with Crippen molar-refractivity contribution in [2.45, 2.75) is 0 Å². The molecule has 0 amide bonds. The van der Waals surface area contributed by atoms with E-state index in [2.05, 4.69) is 0 Å². The van der Waals surface area contributed by atoms with Gasteiger partial charge in [0.15, 0.2) is 0 Å². The van der Waals surface area contributed by atoms with Gasteiger partial charge in [0, 0.05) is 0 Å². The van der Waals surface area contributed by atoms with E-state index in [1.54, 1.807) is 0 Å². The SMILES string of the molecule is [O-]B[O-].[Rb+].[Rb+]. The van der Waals surface area contributed by atoms with E-state index in [1.165, 1.54) is 0 Å². The minimum atomic E-state index is -1.25. The summed E-state index contributed by atoms with van der Waals surface area (Å²) < 4.78 is 0. The van der Waals surface area contributed by atoms with Gasteiger partial charge in [0.2, 0.25) is 0 Å². The van der Waals surface area contributed by atoms with Crippen molar-refractivity contribution in [3.05, 3.63) is 0 Å². The van der Waals surface area contributed by atoms with E-state index in [0.717, 1.165) is 0 Å². The van der Waals surface area contributed by atoms with E-state index in [-0.39, 0.29) is 116 Å². The van der Waals surface area contributed by atoms with E-state index < -0.39 is 7.69 Å². The van der Waals surface area contributed by atoms with Gasteiger partial charge in [-0.15, -0.1) is 7.69 Å². The summed E-state index contributed by atoms with van der Waals surface area (Å²) in [6, 6.07) is 0. The van der Waals surface area contributed by atoms with E-state index in [0.29, 0.717) is 0 Å². The average molecular weight is 215 g/mol. The molecule has 0 bridgehead atoms. The molecule has 0 aliphatic carbocycles. The number of hydrogen-bond acceptors (Lipinski definition) is 2. The van der Waals surface area contributed by atoms with Gasteiger partial charge in [-0.2, -0.15) is 0 Å². The Morgan fingerprint density at radius 2 is 1.00 bits per heavy atom. The molecule has 2 nitrogen and oxygen atoms in total. The monoisotopic (exact) mass is 214 g/mol. The quantitative estimate of drug-likeness (QED) is 0.376. The summed E-state index contributed by atoms with van der Waals surface area (Å²) in [5.74, 6) is 0. The largest absolute Gasteiger partial charge is 1.00 e. The van der Waals surface area contributed by atoms with Crippen molar-refractivity contribution in [3.63, 3.8) is 0 Å². The van der Waals surface area contributed by atoms with Gasteiger partial charge in [-0.05, 0) is 0 Å². The maximum Gasteiger partial charge on any atom is 1.00 e. The van der Waals surface area contributed by atoms with E-state index >= 15 is 0 Å². The van der Waals surface area contributed by atoms with Crippen LogP contribution in [0.2, 0.25) is 0 Å². The molecule has 0 aliphatic rings. The third-order valence-corrected chi connectivity index (χ3v) is 0. The maximum atomic E-state index is 8.38. The summed E-state index contributed by atoms with van der Waals surface area (Å²) in [5.41, 5.74) is 0. The van der Waals surface area contributed by atoms with E-state index in [4.69, 9.17) is 10.0 Å². The standard InChI is InChI=1S/BHO2.2Rb/c2-1-3;;/h1H;;/q-2;2*+1. The van der Waals surface area contributed by atoms with Crippen LogP contribution in [0.4, 0.5) is 0 Å². The Morgan fingerprint density at radius 3 is 1.00 bits per heavy atom. The Morgan fingerprint density at radius 1 is 1.00 bits per heavy atom. The van der Waals surface area contributed by atoms with E-state index in [1.807, 2.05) is 0 Å². The first-order chi connectivity index (χ1) is 1.41. The van der Waals surface area contributed by atoms with Gasteiger partial charge in [0.25, 0.3) is 0 Å². The Kier molecular flexibility index (Phi) is 49.6. The average Bonchev–Trinajstić information content (AvgIpc) is 0.918. The van der Waals surface area contributed by atoms with Gasteiger partial charge in [-0.1, -0.05) is 0 Å². The molecule has 0 saturated heterocycles. The minimum Gasteiger partial charge on any atom is -0.896 e. The molecule has 0 aromatic rings. The Balaban J connectivity index is -0.0000000200. The second kappa shape index (κ2) is 15.6. The molecule has 0 spiro atoms. The molecular formula is HBO2Rb2. The molecule has 0 aromatic carbocycles. The summed E-state index contributed by atoms with van der Waals surface area (Å²) in [6.45, 7) is 0. The fourth-order valence-corrected chi connectivity index (χ4v) is 0. The Hall–Kier alpha value is 3.60. The third-order valence-electron chi connectivity index (χ3n) is 0. The van der Waals surface area contributed by atoms with Crippen LogP contribution in [0.3, 0.4) is 0 Å². The first kappa shape index (κ1) is 15.8. The van der Waals surface area contributed by atoms with Gasteiger partial charge >= 0.3 is 116 Å². The van der Waals surface area contributed by atoms with Crippen LogP contribution in [0, 0.1) is 0 Å². The van der Waals surface area contributed by atoms with Gasteiger partial charge < -0.3 is 10.0 Å². The van der Waals surface area contributed by atoms with Gasteiger partial charge in [-0.3, -0.25) is 0 Å². The Labute approximate surface area is 130 Å². The van der Waals surface area contributed by atoms with Crippen LogP contribution in [0.25, 0.3) is 0 Å². The number of rotatable bonds is 0. The van der Waals surface area contributed by atoms with Crippen LogP contribution >= 0.6 is 0 Å². The molecule has 5 heavy (non-hydrogen) atoms. The second-order valence-electron chi connectivity index (χ2n) is 0.118. The Bertz CT molecular complexity index is 7.61. The fourth-order valence-electron chi connectivity index (χ4n) is 0. The zero-order valence-corrected chi connectivity index (χ0v) is 13.4. The van der Waals surface area contributed by atoms with Crippen molar-refractivity contribution >= 4 is 7.69 Å². The molecule has 0 radical (unpaired) electrons.